The van der Waals surface area contributed by atoms with Crippen molar-refractivity contribution in [2.45, 2.75) is 6.42 Å². The Morgan fingerprint density at radius 2 is 2.10 bits per heavy atom. The first-order chi connectivity index (χ1) is 10.1. The third kappa shape index (κ3) is 2.48. The number of hydrogen-bond acceptors (Lipinski definition) is 3. The monoisotopic (exact) mass is 301 g/mol. The zero-order valence-corrected chi connectivity index (χ0v) is 11.8. The second-order valence-corrected chi connectivity index (χ2v) is 5.24. The zero-order chi connectivity index (χ0) is 15.0. The third-order valence-electron chi connectivity index (χ3n) is 3.47. The predicted octanol–water partition coefficient (Wildman–Crippen LogP) is 2.04. The van der Waals surface area contributed by atoms with Gasteiger partial charge in [0.1, 0.15) is 0 Å². The van der Waals surface area contributed by atoms with Crippen molar-refractivity contribution in [2.75, 3.05) is 11.4 Å². The fourth-order valence-electron chi connectivity index (χ4n) is 2.41. The maximum atomic E-state index is 12.5. The first-order valence-electron chi connectivity index (χ1n) is 6.41. The van der Waals surface area contributed by atoms with Crippen molar-refractivity contribution in [3.63, 3.8) is 0 Å². The third-order valence-corrected chi connectivity index (χ3v) is 3.70. The summed E-state index contributed by atoms with van der Waals surface area (Å²) in [6, 6.07) is 6.80. The van der Waals surface area contributed by atoms with Crippen LogP contribution in [0, 0.1) is 0 Å². The molecular formula is C15H12ClN3O2. The van der Waals surface area contributed by atoms with Crippen LogP contribution in [0.3, 0.4) is 0 Å². The lowest BCUT2D eigenvalue weighted by molar-refractivity contribution is 0.0975. The van der Waals surface area contributed by atoms with Gasteiger partial charge in [-0.25, -0.2) is 0 Å². The van der Waals surface area contributed by atoms with Crippen molar-refractivity contribution in [3.8, 4) is 0 Å². The number of halogens is 1. The summed E-state index contributed by atoms with van der Waals surface area (Å²) in [6.45, 7) is 0.510. The Kier molecular flexibility index (Phi) is 3.35. The molecule has 0 saturated carbocycles. The molecule has 2 heterocycles. The van der Waals surface area contributed by atoms with E-state index < -0.39 is 5.91 Å². The molecule has 0 radical (unpaired) electrons. The van der Waals surface area contributed by atoms with Crippen LogP contribution >= 0.6 is 11.6 Å². The molecule has 1 aromatic heterocycles. The lowest BCUT2D eigenvalue weighted by Crippen LogP contribution is -2.37. The molecule has 0 bridgehead atoms. The fourth-order valence-corrected chi connectivity index (χ4v) is 2.61. The van der Waals surface area contributed by atoms with Crippen LogP contribution in [0.1, 0.15) is 26.3 Å². The van der Waals surface area contributed by atoms with Gasteiger partial charge in [-0.3, -0.25) is 14.6 Å². The van der Waals surface area contributed by atoms with Crippen LogP contribution in [0.15, 0.2) is 36.7 Å². The van der Waals surface area contributed by atoms with Gasteiger partial charge in [-0.15, -0.1) is 0 Å². The number of carbonyl (C=O) groups is 2. The summed E-state index contributed by atoms with van der Waals surface area (Å²) in [5.74, 6) is -0.697. The quantitative estimate of drug-likeness (QED) is 0.922. The molecule has 0 spiro atoms. The van der Waals surface area contributed by atoms with Crippen LogP contribution in [-0.4, -0.2) is 23.3 Å². The summed E-state index contributed by atoms with van der Waals surface area (Å²) in [7, 11) is 0. The van der Waals surface area contributed by atoms with Gasteiger partial charge < -0.3 is 10.6 Å². The smallest absolute Gasteiger partial charge is 0.258 e. The molecule has 0 unspecified atom stereocenters. The number of aromatic nitrogens is 1. The first-order valence-corrected chi connectivity index (χ1v) is 6.79. The Morgan fingerprint density at radius 1 is 1.29 bits per heavy atom. The Bertz CT molecular complexity index is 745. The number of carbonyl (C=O) groups excluding carboxylic acids is 2. The molecule has 5 nitrogen and oxygen atoms in total. The Labute approximate surface area is 126 Å². The maximum Gasteiger partial charge on any atom is 0.258 e. The number of nitrogens with zero attached hydrogens (tertiary/aromatic N) is 2. The number of hydrogen-bond donors (Lipinski definition) is 1. The van der Waals surface area contributed by atoms with Crippen LogP contribution < -0.4 is 10.6 Å². The molecule has 1 aromatic carbocycles. The van der Waals surface area contributed by atoms with Gasteiger partial charge in [-0.1, -0.05) is 11.6 Å². The molecule has 1 aliphatic rings. The van der Waals surface area contributed by atoms with E-state index in [4.69, 9.17) is 17.3 Å². The SMILES string of the molecule is NC(=O)c1cncc(N2CCc3cc(Cl)ccc3C2=O)c1. The lowest BCUT2D eigenvalue weighted by Gasteiger charge is -2.28. The van der Waals surface area contributed by atoms with Gasteiger partial charge in [0.2, 0.25) is 5.91 Å². The Hall–Kier alpha value is -2.40. The van der Waals surface area contributed by atoms with Crippen molar-refractivity contribution in [2.24, 2.45) is 5.73 Å². The van der Waals surface area contributed by atoms with Gasteiger partial charge in [0.05, 0.1) is 17.4 Å². The van der Waals surface area contributed by atoms with E-state index in [-0.39, 0.29) is 11.5 Å². The molecule has 0 saturated heterocycles. The molecule has 1 aliphatic heterocycles. The number of rotatable bonds is 2. The van der Waals surface area contributed by atoms with E-state index in [1.807, 2.05) is 6.07 Å². The van der Waals surface area contributed by atoms with Crippen molar-refractivity contribution in [1.82, 2.24) is 4.98 Å². The summed E-state index contributed by atoms with van der Waals surface area (Å²) in [6.07, 6.45) is 3.63. The van der Waals surface area contributed by atoms with Gasteiger partial charge >= 0.3 is 0 Å². The van der Waals surface area contributed by atoms with E-state index in [9.17, 15) is 9.59 Å². The maximum absolute atomic E-state index is 12.5. The largest absolute Gasteiger partial charge is 0.366 e. The van der Waals surface area contributed by atoms with Crippen molar-refractivity contribution >= 4 is 29.1 Å². The summed E-state index contributed by atoms with van der Waals surface area (Å²) in [5.41, 5.74) is 7.64. The number of benzene rings is 1. The molecule has 21 heavy (non-hydrogen) atoms. The predicted molar refractivity (Wildman–Crippen MR) is 79.6 cm³/mol. The van der Waals surface area contributed by atoms with Crippen LogP contribution in [0.25, 0.3) is 0 Å². The minimum atomic E-state index is -0.569. The van der Waals surface area contributed by atoms with Crippen LogP contribution in [-0.2, 0) is 6.42 Å². The summed E-state index contributed by atoms with van der Waals surface area (Å²) in [5, 5.41) is 0.618. The van der Waals surface area contributed by atoms with Gasteiger partial charge in [0.15, 0.2) is 0 Å². The summed E-state index contributed by atoms with van der Waals surface area (Å²) >= 11 is 5.95. The molecule has 0 fully saturated rings. The minimum absolute atomic E-state index is 0.128. The van der Waals surface area contributed by atoms with Gasteiger partial charge in [0.25, 0.3) is 5.91 Å². The second-order valence-electron chi connectivity index (χ2n) is 4.80. The van der Waals surface area contributed by atoms with Crippen LogP contribution in [0.4, 0.5) is 5.69 Å². The normalized spacial score (nSPS) is 14.0. The standard InChI is InChI=1S/C15H12ClN3O2/c16-11-1-2-13-9(5-11)3-4-19(15(13)21)12-6-10(14(17)20)7-18-8-12/h1-2,5-8H,3-4H2,(H2,17,20). The van der Waals surface area contributed by atoms with Gasteiger partial charge in [0, 0.05) is 23.3 Å². The highest BCUT2D eigenvalue weighted by atomic mass is 35.5. The lowest BCUT2D eigenvalue weighted by atomic mass is 9.98. The molecule has 2 N–H and O–H groups in total. The number of anilines is 1. The van der Waals surface area contributed by atoms with Crippen LogP contribution in [0.2, 0.25) is 5.02 Å². The van der Waals surface area contributed by atoms with Crippen molar-refractivity contribution in [1.29, 1.82) is 0 Å². The molecule has 2 aromatic rings. The number of nitrogens with two attached hydrogens (primary N) is 1. The highest BCUT2D eigenvalue weighted by Gasteiger charge is 2.26. The molecule has 6 heteroatoms. The second kappa shape index (κ2) is 5.18. The van der Waals surface area contributed by atoms with Gasteiger partial charge in [-0.05, 0) is 36.2 Å². The highest BCUT2D eigenvalue weighted by Crippen LogP contribution is 2.26. The molecular weight excluding hydrogens is 290 g/mol. The molecule has 3 rings (SSSR count). The minimum Gasteiger partial charge on any atom is -0.366 e. The van der Waals surface area contributed by atoms with Gasteiger partial charge in [-0.2, -0.15) is 0 Å². The molecule has 0 aliphatic carbocycles. The van der Waals surface area contributed by atoms with Crippen LogP contribution in [0.5, 0.6) is 0 Å². The molecule has 106 valence electrons. The van der Waals surface area contributed by atoms with E-state index in [1.165, 1.54) is 6.20 Å². The zero-order valence-electron chi connectivity index (χ0n) is 11.0. The average Bonchev–Trinajstić information content (AvgIpc) is 2.47. The van der Waals surface area contributed by atoms with E-state index in [0.29, 0.717) is 29.2 Å². The summed E-state index contributed by atoms with van der Waals surface area (Å²) < 4.78 is 0. The first kappa shape index (κ1) is 13.6. The van der Waals surface area contributed by atoms with E-state index >= 15 is 0 Å². The number of primary amides is 1. The Balaban J connectivity index is 1.98. The molecule has 0 atom stereocenters. The Morgan fingerprint density at radius 3 is 2.86 bits per heavy atom. The topological polar surface area (TPSA) is 76.3 Å². The summed E-state index contributed by atoms with van der Waals surface area (Å²) in [4.78, 5) is 29.3. The molecule has 2 amide bonds. The average molecular weight is 302 g/mol. The fraction of sp³-hybridized carbons (Fsp3) is 0.133. The number of fused-ring (bicyclic) bond motifs is 1. The van der Waals surface area contributed by atoms with Crippen molar-refractivity contribution in [3.05, 3.63) is 58.4 Å². The number of amides is 2. The number of pyridine rings is 1. The van der Waals surface area contributed by atoms with E-state index in [2.05, 4.69) is 4.98 Å². The van der Waals surface area contributed by atoms with E-state index in [0.717, 1.165) is 5.56 Å². The highest BCUT2D eigenvalue weighted by molar-refractivity contribution is 6.30. The van der Waals surface area contributed by atoms with E-state index in [1.54, 1.807) is 29.3 Å². The van der Waals surface area contributed by atoms with Crippen molar-refractivity contribution < 1.29 is 9.59 Å².